The number of hydrogen-bond donors (Lipinski definition) is 2. The first kappa shape index (κ1) is 18.2. The van der Waals surface area contributed by atoms with Crippen molar-refractivity contribution in [2.24, 2.45) is 17.1 Å². The molecular weight excluding hydrogens is 314 g/mol. The highest BCUT2D eigenvalue weighted by atomic mass is 16.5. The first-order valence-corrected chi connectivity index (χ1v) is 9.39. The number of amides is 1. The van der Waals surface area contributed by atoms with Crippen LogP contribution in [0.2, 0.25) is 0 Å². The number of ether oxygens (including phenoxy) is 1. The van der Waals surface area contributed by atoms with Crippen LogP contribution < -0.4 is 15.8 Å². The van der Waals surface area contributed by atoms with Gasteiger partial charge in [0, 0.05) is 37.8 Å². The summed E-state index contributed by atoms with van der Waals surface area (Å²) < 4.78 is 5.80. The smallest absolute Gasteiger partial charge is 0.257 e. The summed E-state index contributed by atoms with van der Waals surface area (Å²) in [6.07, 6.45) is 3.49. The van der Waals surface area contributed by atoms with E-state index in [4.69, 9.17) is 10.5 Å². The standard InChI is InChI=1S/C20H31N3O2/c1-20(2)14-23(10-9-18(20)21)12-16-5-3-4-6-17(16)25-13-19(24)22-11-15-7-8-15/h3-6,15,18H,7-14,21H2,1-2H3,(H,22,24). The van der Waals surface area contributed by atoms with Gasteiger partial charge in [0.2, 0.25) is 0 Å². The Morgan fingerprint density at radius 1 is 1.32 bits per heavy atom. The first-order chi connectivity index (χ1) is 11.9. The number of piperidine rings is 1. The molecule has 0 bridgehead atoms. The molecule has 1 heterocycles. The molecule has 2 fully saturated rings. The molecule has 2 aliphatic rings. The van der Waals surface area contributed by atoms with Crippen molar-refractivity contribution in [3.8, 4) is 5.75 Å². The lowest BCUT2D eigenvalue weighted by atomic mass is 9.79. The van der Waals surface area contributed by atoms with Gasteiger partial charge in [0.05, 0.1) is 0 Å². The fourth-order valence-electron chi connectivity index (χ4n) is 3.41. The van der Waals surface area contributed by atoms with Crippen LogP contribution in [0.15, 0.2) is 24.3 Å². The topological polar surface area (TPSA) is 67.6 Å². The van der Waals surface area contributed by atoms with E-state index in [2.05, 4.69) is 30.1 Å². The van der Waals surface area contributed by atoms with Crippen molar-refractivity contribution in [2.45, 2.75) is 45.7 Å². The molecule has 0 radical (unpaired) electrons. The van der Waals surface area contributed by atoms with Gasteiger partial charge < -0.3 is 15.8 Å². The molecule has 1 atom stereocenters. The Morgan fingerprint density at radius 2 is 2.08 bits per heavy atom. The molecule has 1 aromatic carbocycles. The number of benzene rings is 1. The van der Waals surface area contributed by atoms with Crippen LogP contribution >= 0.6 is 0 Å². The monoisotopic (exact) mass is 345 g/mol. The molecule has 0 spiro atoms. The molecule has 0 aromatic heterocycles. The number of nitrogens with one attached hydrogen (secondary N) is 1. The predicted molar refractivity (Wildman–Crippen MR) is 99.3 cm³/mol. The summed E-state index contributed by atoms with van der Waals surface area (Å²) in [6.45, 7) is 8.14. The second kappa shape index (κ2) is 7.75. The van der Waals surface area contributed by atoms with Crippen molar-refractivity contribution in [3.05, 3.63) is 29.8 Å². The van der Waals surface area contributed by atoms with E-state index >= 15 is 0 Å². The van der Waals surface area contributed by atoms with Gasteiger partial charge in [-0.3, -0.25) is 9.69 Å². The molecule has 1 aliphatic carbocycles. The lowest BCUT2D eigenvalue weighted by Gasteiger charge is -2.42. The number of nitrogens with two attached hydrogens (primary N) is 1. The molecular formula is C20H31N3O2. The molecule has 5 heteroatoms. The quantitative estimate of drug-likeness (QED) is 0.795. The van der Waals surface area contributed by atoms with E-state index in [9.17, 15) is 4.79 Å². The lowest BCUT2D eigenvalue weighted by molar-refractivity contribution is -0.123. The SMILES string of the molecule is CC1(C)CN(Cc2ccccc2OCC(=O)NCC2CC2)CCC1N. The van der Waals surface area contributed by atoms with E-state index < -0.39 is 0 Å². The van der Waals surface area contributed by atoms with Crippen LogP contribution in [0.4, 0.5) is 0 Å². The van der Waals surface area contributed by atoms with Gasteiger partial charge in [-0.25, -0.2) is 0 Å². The summed E-state index contributed by atoms with van der Waals surface area (Å²) in [5.41, 5.74) is 7.49. The van der Waals surface area contributed by atoms with Crippen LogP contribution in [-0.4, -0.2) is 43.1 Å². The summed E-state index contributed by atoms with van der Waals surface area (Å²) in [5.74, 6) is 1.45. The van der Waals surface area contributed by atoms with Crippen molar-refractivity contribution in [3.63, 3.8) is 0 Å². The van der Waals surface area contributed by atoms with Gasteiger partial charge in [0.25, 0.3) is 5.91 Å². The van der Waals surface area contributed by atoms with Gasteiger partial charge in [0.1, 0.15) is 5.75 Å². The maximum atomic E-state index is 11.9. The number of nitrogens with zero attached hydrogens (tertiary/aromatic N) is 1. The number of para-hydroxylation sites is 1. The fourth-order valence-corrected chi connectivity index (χ4v) is 3.41. The molecule has 1 amide bonds. The van der Waals surface area contributed by atoms with Crippen molar-refractivity contribution in [1.29, 1.82) is 0 Å². The van der Waals surface area contributed by atoms with Gasteiger partial charge in [-0.05, 0) is 36.7 Å². The van der Waals surface area contributed by atoms with Crippen LogP contribution in [0, 0.1) is 11.3 Å². The molecule has 1 aliphatic heterocycles. The van der Waals surface area contributed by atoms with E-state index in [1.165, 1.54) is 12.8 Å². The van der Waals surface area contributed by atoms with Crippen molar-refractivity contribution in [2.75, 3.05) is 26.2 Å². The number of likely N-dealkylation sites (tertiary alicyclic amines) is 1. The Hall–Kier alpha value is -1.59. The highest BCUT2D eigenvalue weighted by molar-refractivity contribution is 5.77. The van der Waals surface area contributed by atoms with E-state index in [1.54, 1.807) is 0 Å². The molecule has 25 heavy (non-hydrogen) atoms. The highest BCUT2D eigenvalue weighted by Crippen LogP contribution is 2.30. The van der Waals surface area contributed by atoms with Crippen LogP contribution in [0.5, 0.6) is 5.75 Å². The zero-order valence-corrected chi connectivity index (χ0v) is 15.5. The second-order valence-corrected chi connectivity index (χ2v) is 8.24. The lowest BCUT2D eigenvalue weighted by Crippen LogP contribution is -2.52. The Kier molecular flexibility index (Phi) is 5.64. The molecule has 1 saturated heterocycles. The summed E-state index contributed by atoms with van der Waals surface area (Å²) >= 11 is 0. The maximum absolute atomic E-state index is 11.9. The summed E-state index contributed by atoms with van der Waals surface area (Å²) in [6, 6.07) is 8.27. The zero-order valence-electron chi connectivity index (χ0n) is 15.5. The van der Waals surface area contributed by atoms with E-state index in [1.807, 2.05) is 18.2 Å². The summed E-state index contributed by atoms with van der Waals surface area (Å²) in [4.78, 5) is 14.3. The minimum Gasteiger partial charge on any atom is -0.483 e. The van der Waals surface area contributed by atoms with Gasteiger partial charge in [-0.1, -0.05) is 32.0 Å². The molecule has 1 unspecified atom stereocenters. The molecule has 5 nitrogen and oxygen atoms in total. The first-order valence-electron chi connectivity index (χ1n) is 9.39. The number of rotatable bonds is 7. The van der Waals surface area contributed by atoms with Gasteiger partial charge in [-0.2, -0.15) is 0 Å². The van der Waals surface area contributed by atoms with Crippen LogP contribution in [0.25, 0.3) is 0 Å². The number of carbonyl (C=O) groups is 1. The largest absolute Gasteiger partial charge is 0.483 e. The van der Waals surface area contributed by atoms with Crippen molar-refractivity contribution >= 4 is 5.91 Å². The zero-order chi connectivity index (χ0) is 17.9. The van der Waals surface area contributed by atoms with Gasteiger partial charge >= 0.3 is 0 Å². The van der Waals surface area contributed by atoms with Crippen molar-refractivity contribution in [1.82, 2.24) is 10.2 Å². The third-order valence-corrected chi connectivity index (χ3v) is 5.40. The molecule has 3 N–H and O–H groups in total. The van der Waals surface area contributed by atoms with Crippen LogP contribution in [0.3, 0.4) is 0 Å². The molecule has 3 rings (SSSR count). The average Bonchev–Trinajstić information content (AvgIpc) is 3.40. The third kappa shape index (κ3) is 5.19. The second-order valence-electron chi connectivity index (χ2n) is 8.24. The Labute approximate surface area is 150 Å². The Morgan fingerprint density at radius 3 is 2.80 bits per heavy atom. The Bertz CT molecular complexity index is 598. The van der Waals surface area contributed by atoms with Crippen molar-refractivity contribution < 1.29 is 9.53 Å². The number of hydrogen-bond acceptors (Lipinski definition) is 4. The van der Waals surface area contributed by atoms with Crippen LogP contribution in [-0.2, 0) is 11.3 Å². The normalized spacial score (nSPS) is 23.2. The molecule has 138 valence electrons. The van der Waals surface area contributed by atoms with E-state index in [-0.39, 0.29) is 24.0 Å². The fraction of sp³-hybridized carbons (Fsp3) is 0.650. The third-order valence-electron chi connectivity index (χ3n) is 5.40. The minimum atomic E-state index is -0.0354. The maximum Gasteiger partial charge on any atom is 0.257 e. The van der Waals surface area contributed by atoms with E-state index in [0.717, 1.165) is 43.9 Å². The Balaban J connectivity index is 1.54. The molecule has 1 saturated carbocycles. The number of carbonyl (C=O) groups excluding carboxylic acids is 1. The van der Waals surface area contributed by atoms with Gasteiger partial charge in [-0.15, -0.1) is 0 Å². The molecule has 1 aromatic rings. The predicted octanol–water partition coefficient (Wildman–Crippen LogP) is 2.15. The highest BCUT2D eigenvalue weighted by Gasteiger charge is 2.33. The summed E-state index contributed by atoms with van der Waals surface area (Å²) in [7, 11) is 0. The van der Waals surface area contributed by atoms with Crippen LogP contribution in [0.1, 0.15) is 38.7 Å². The summed E-state index contributed by atoms with van der Waals surface area (Å²) in [5, 5.41) is 2.94. The van der Waals surface area contributed by atoms with Gasteiger partial charge in [0.15, 0.2) is 6.61 Å². The minimum absolute atomic E-state index is 0.0354. The van der Waals surface area contributed by atoms with E-state index in [0.29, 0.717) is 5.92 Å². The average molecular weight is 345 g/mol.